The van der Waals surface area contributed by atoms with E-state index in [1.54, 1.807) is 13.1 Å². The molecule has 1 aromatic rings. The maximum atomic E-state index is 10.9. The minimum absolute atomic E-state index is 0.0985. The Balaban J connectivity index is 2.02. The first kappa shape index (κ1) is 13.6. The van der Waals surface area contributed by atoms with Crippen LogP contribution in [0.15, 0.2) is 18.2 Å². The maximum absolute atomic E-state index is 10.9. The molecule has 1 aromatic carbocycles. The molecule has 0 saturated carbocycles. The zero-order valence-corrected chi connectivity index (χ0v) is 11.0. The van der Waals surface area contributed by atoms with Crippen LogP contribution in [0, 0.1) is 16.0 Å². The van der Waals surface area contributed by atoms with Gasteiger partial charge in [0.1, 0.15) is 0 Å². The first-order valence-corrected chi connectivity index (χ1v) is 6.48. The number of ether oxygens (including phenoxy) is 1. The average Bonchev–Trinajstić information content (AvgIpc) is 2.45. The largest absolute Gasteiger partial charge is 0.388 e. The Hall–Kier alpha value is -1.82. The first-order valence-electron chi connectivity index (χ1n) is 6.48. The van der Waals surface area contributed by atoms with Crippen molar-refractivity contribution in [3.8, 4) is 0 Å². The molecule has 0 unspecified atom stereocenters. The fourth-order valence-electron chi connectivity index (χ4n) is 2.18. The van der Waals surface area contributed by atoms with Gasteiger partial charge in [0.2, 0.25) is 0 Å². The Morgan fingerprint density at radius 2 is 2.00 bits per heavy atom. The molecule has 1 aliphatic heterocycles. The van der Waals surface area contributed by atoms with Crippen molar-refractivity contribution in [2.24, 2.45) is 5.92 Å². The van der Waals surface area contributed by atoms with Crippen molar-refractivity contribution < 1.29 is 9.66 Å². The van der Waals surface area contributed by atoms with Gasteiger partial charge < -0.3 is 15.4 Å². The van der Waals surface area contributed by atoms with Crippen molar-refractivity contribution in [1.29, 1.82) is 0 Å². The third kappa shape index (κ3) is 3.82. The minimum Gasteiger partial charge on any atom is -0.388 e. The number of nitro benzene ring substituents is 1. The van der Waals surface area contributed by atoms with E-state index in [0.717, 1.165) is 44.0 Å². The molecule has 0 bridgehead atoms. The molecule has 6 heteroatoms. The van der Waals surface area contributed by atoms with Crippen LogP contribution in [0.4, 0.5) is 17.1 Å². The van der Waals surface area contributed by atoms with E-state index in [9.17, 15) is 10.1 Å². The van der Waals surface area contributed by atoms with Crippen LogP contribution in [-0.4, -0.2) is 31.7 Å². The van der Waals surface area contributed by atoms with E-state index in [2.05, 4.69) is 10.6 Å². The molecule has 0 atom stereocenters. The van der Waals surface area contributed by atoms with Crippen molar-refractivity contribution >= 4 is 17.1 Å². The quantitative estimate of drug-likeness (QED) is 0.631. The summed E-state index contributed by atoms with van der Waals surface area (Å²) in [6, 6.07) is 4.98. The SMILES string of the molecule is CNc1cc(NCC2CCOCC2)cc([N+](=O)[O-])c1. The van der Waals surface area contributed by atoms with Crippen molar-refractivity contribution in [3.63, 3.8) is 0 Å². The molecule has 0 aromatic heterocycles. The minimum atomic E-state index is -0.375. The van der Waals surface area contributed by atoms with E-state index in [0.29, 0.717) is 5.92 Å². The smallest absolute Gasteiger partial charge is 0.273 e. The Labute approximate surface area is 112 Å². The number of rotatable bonds is 5. The summed E-state index contributed by atoms with van der Waals surface area (Å²) in [6.07, 6.45) is 2.08. The predicted molar refractivity (Wildman–Crippen MR) is 74.7 cm³/mol. The summed E-state index contributed by atoms with van der Waals surface area (Å²) >= 11 is 0. The van der Waals surface area contributed by atoms with Gasteiger partial charge in [-0.1, -0.05) is 0 Å². The van der Waals surface area contributed by atoms with E-state index in [-0.39, 0.29) is 10.6 Å². The molecule has 1 aliphatic rings. The summed E-state index contributed by atoms with van der Waals surface area (Å²) in [5, 5.41) is 17.1. The second-order valence-electron chi connectivity index (χ2n) is 4.71. The standard InChI is InChI=1S/C13H19N3O3/c1-14-11-6-12(8-13(7-11)16(17)18)15-9-10-2-4-19-5-3-10/h6-8,10,14-15H,2-5,9H2,1H3. The molecule has 1 saturated heterocycles. The number of benzene rings is 1. The molecule has 2 N–H and O–H groups in total. The number of nitrogens with zero attached hydrogens (tertiary/aromatic N) is 1. The summed E-state index contributed by atoms with van der Waals surface area (Å²) in [5.41, 5.74) is 1.62. The van der Waals surface area contributed by atoms with Gasteiger partial charge in [0.05, 0.1) is 4.92 Å². The second-order valence-corrected chi connectivity index (χ2v) is 4.71. The lowest BCUT2D eigenvalue weighted by atomic mass is 10.0. The van der Waals surface area contributed by atoms with Crippen LogP contribution in [0.3, 0.4) is 0 Å². The molecule has 6 nitrogen and oxygen atoms in total. The molecule has 19 heavy (non-hydrogen) atoms. The molecule has 0 aliphatic carbocycles. The molecular weight excluding hydrogens is 246 g/mol. The number of anilines is 2. The molecule has 0 radical (unpaired) electrons. The highest BCUT2D eigenvalue weighted by molar-refractivity contribution is 5.63. The third-order valence-corrected chi connectivity index (χ3v) is 3.35. The number of nitrogens with one attached hydrogen (secondary N) is 2. The summed E-state index contributed by atoms with van der Waals surface area (Å²) < 4.78 is 5.31. The number of hydrogen-bond acceptors (Lipinski definition) is 5. The van der Waals surface area contributed by atoms with Crippen molar-refractivity contribution in [1.82, 2.24) is 0 Å². The molecule has 104 valence electrons. The topological polar surface area (TPSA) is 76.4 Å². The van der Waals surface area contributed by atoms with Gasteiger partial charge in [0.25, 0.3) is 5.69 Å². The van der Waals surface area contributed by atoms with Crippen LogP contribution >= 0.6 is 0 Å². The van der Waals surface area contributed by atoms with E-state index in [1.165, 1.54) is 6.07 Å². The molecule has 1 heterocycles. The number of nitro groups is 1. The van der Waals surface area contributed by atoms with Crippen LogP contribution in [0.5, 0.6) is 0 Å². The average molecular weight is 265 g/mol. The lowest BCUT2D eigenvalue weighted by molar-refractivity contribution is -0.384. The highest BCUT2D eigenvalue weighted by Crippen LogP contribution is 2.25. The number of non-ortho nitro benzene ring substituents is 1. The highest BCUT2D eigenvalue weighted by Gasteiger charge is 2.14. The Kier molecular flexibility index (Phi) is 4.57. The Morgan fingerprint density at radius 3 is 2.63 bits per heavy atom. The lowest BCUT2D eigenvalue weighted by Gasteiger charge is -2.22. The Bertz CT molecular complexity index is 445. The zero-order chi connectivity index (χ0) is 13.7. The zero-order valence-electron chi connectivity index (χ0n) is 11.0. The first-order chi connectivity index (χ1) is 9.19. The highest BCUT2D eigenvalue weighted by atomic mass is 16.6. The molecule has 2 rings (SSSR count). The maximum Gasteiger partial charge on any atom is 0.273 e. The van der Waals surface area contributed by atoms with Gasteiger partial charge in [-0.2, -0.15) is 0 Å². The van der Waals surface area contributed by atoms with Gasteiger partial charge in [-0.15, -0.1) is 0 Å². The normalized spacial score (nSPS) is 16.1. The van der Waals surface area contributed by atoms with E-state index >= 15 is 0 Å². The van der Waals surface area contributed by atoms with Gasteiger partial charge in [0, 0.05) is 50.3 Å². The fraction of sp³-hybridized carbons (Fsp3) is 0.538. The fourth-order valence-corrected chi connectivity index (χ4v) is 2.18. The summed E-state index contributed by atoms with van der Waals surface area (Å²) in [6.45, 7) is 2.44. The monoisotopic (exact) mass is 265 g/mol. The molecule has 0 amide bonds. The summed E-state index contributed by atoms with van der Waals surface area (Å²) in [5.74, 6) is 0.575. The van der Waals surface area contributed by atoms with Crippen LogP contribution in [0.1, 0.15) is 12.8 Å². The van der Waals surface area contributed by atoms with Gasteiger partial charge >= 0.3 is 0 Å². The van der Waals surface area contributed by atoms with Gasteiger partial charge in [-0.3, -0.25) is 10.1 Å². The Morgan fingerprint density at radius 1 is 1.32 bits per heavy atom. The van der Waals surface area contributed by atoms with Crippen molar-refractivity contribution in [2.75, 3.05) is 37.4 Å². The van der Waals surface area contributed by atoms with Gasteiger partial charge in [-0.05, 0) is 24.8 Å². The molecule has 1 fully saturated rings. The predicted octanol–water partition coefficient (Wildman–Crippen LogP) is 2.48. The number of hydrogen-bond donors (Lipinski definition) is 2. The summed E-state index contributed by atoms with van der Waals surface area (Å²) in [4.78, 5) is 10.5. The third-order valence-electron chi connectivity index (χ3n) is 3.35. The molecule has 0 spiro atoms. The second kappa shape index (κ2) is 6.38. The van der Waals surface area contributed by atoms with E-state index in [4.69, 9.17) is 4.74 Å². The van der Waals surface area contributed by atoms with E-state index in [1.807, 2.05) is 6.07 Å². The summed E-state index contributed by atoms with van der Waals surface area (Å²) in [7, 11) is 1.75. The molecular formula is C13H19N3O3. The van der Waals surface area contributed by atoms with Gasteiger partial charge in [0.15, 0.2) is 0 Å². The van der Waals surface area contributed by atoms with Gasteiger partial charge in [-0.25, -0.2) is 0 Å². The van der Waals surface area contributed by atoms with E-state index < -0.39 is 0 Å². The lowest BCUT2D eigenvalue weighted by Crippen LogP contribution is -2.22. The van der Waals surface area contributed by atoms with Crippen LogP contribution in [0.25, 0.3) is 0 Å². The van der Waals surface area contributed by atoms with Crippen molar-refractivity contribution in [2.45, 2.75) is 12.8 Å². The van der Waals surface area contributed by atoms with Crippen LogP contribution in [-0.2, 0) is 4.74 Å². The van der Waals surface area contributed by atoms with Crippen molar-refractivity contribution in [3.05, 3.63) is 28.3 Å². The van der Waals surface area contributed by atoms with Crippen LogP contribution in [0.2, 0.25) is 0 Å². The van der Waals surface area contributed by atoms with Crippen LogP contribution < -0.4 is 10.6 Å².